The lowest BCUT2D eigenvalue weighted by atomic mass is 10.1. The first-order valence-electron chi connectivity index (χ1n) is 9.20. The third-order valence-electron chi connectivity index (χ3n) is 5.02. The molecule has 2 aliphatic rings. The number of aryl methyl sites for hydroxylation is 1. The molecule has 1 aromatic heterocycles. The zero-order valence-corrected chi connectivity index (χ0v) is 15.7. The van der Waals surface area contributed by atoms with Crippen molar-refractivity contribution < 1.29 is 14.2 Å². The first-order chi connectivity index (χ1) is 13.6. The summed E-state index contributed by atoms with van der Waals surface area (Å²) in [7, 11) is 1.66. The van der Waals surface area contributed by atoms with Gasteiger partial charge in [-0.1, -0.05) is 6.07 Å². The summed E-state index contributed by atoms with van der Waals surface area (Å²) in [5.41, 5.74) is 9.78. The van der Waals surface area contributed by atoms with E-state index in [-0.39, 0.29) is 6.17 Å². The summed E-state index contributed by atoms with van der Waals surface area (Å²) in [6.45, 7) is 3.27. The molecule has 0 unspecified atom stereocenters. The van der Waals surface area contributed by atoms with Gasteiger partial charge in [-0.15, -0.1) is 0 Å². The Hall–Kier alpha value is -3.42. The number of aromatic nitrogens is 2. The molecule has 2 aliphatic heterocycles. The van der Waals surface area contributed by atoms with Crippen LogP contribution in [0.5, 0.6) is 17.2 Å². The fraction of sp³-hybridized carbons (Fsp3) is 0.300. The molecule has 0 amide bonds. The van der Waals surface area contributed by atoms with E-state index in [9.17, 15) is 0 Å². The van der Waals surface area contributed by atoms with Crippen molar-refractivity contribution >= 4 is 22.9 Å². The molecule has 2 aromatic carbocycles. The molecule has 3 N–H and O–H groups in total. The highest BCUT2D eigenvalue weighted by Gasteiger charge is 2.27. The summed E-state index contributed by atoms with van der Waals surface area (Å²) in [5.74, 6) is 3.24. The Bertz CT molecular complexity index is 1100. The van der Waals surface area contributed by atoms with Gasteiger partial charge in [0.05, 0.1) is 31.4 Å². The second kappa shape index (κ2) is 6.33. The van der Waals surface area contributed by atoms with Gasteiger partial charge in [-0.05, 0) is 30.2 Å². The minimum Gasteiger partial charge on any atom is -0.496 e. The number of ether oxygens (including phenoxy) is 3. The van der Waals surface area contributed by atoms with Crippen LogP contribution in [0.3, 0.4) is 0 Å². The predicted molar refractivity (Wildman–Crippen MR) is 106 cm³/mol. The van der Waals surface area contributed by atoms with Crippen LogP contribution in [-0.2, 0) is 0 Å². The Labute approximate surface area is 161 Å². The SMILES string of the molecule is COc1ccc([C@H]2N=C(N)Nc3nc4cc5c(cc4n32)OCCCO5)cc1C. The fourth-order valence-electron chi connectivity index (χ4n) is 3.71. The molecule has 0 fully saturated rings. The maximum atomic E-state index is 6.05. The molecule has 1 atom stereocenters. The summed E-state index contributed by atoms with van der Waals surface area (Å²) >= 11 is 0. The van der Waals surface area contributed by atoms with Gasteiger partial charge in [0.2, 0.25) is 5.95 Å². The van der Waals surface area contributed by atoms with Crippen LogP contribution in [0.1, 0.15) is 23.7 Å². The third-order valence-corrected chi connectivity index (χ3v) is 5.02. The molecule has 0 saturated carbocycles. The minimum absolute atomic E-state index is 0.329. The van der Waals surface area contributed by atoms with Gasteiger partial charge in [-0.2, -0.15) is 0 Å². The Kier molecular flexibility index (Phi) is 3.78. The van der Waals surface area contributed by atoms with Crippen molar-refractivity contribution in [3.8, 4) is 17.2 Å². The average Bonchev–Trinajstić information content (AvgIpc) is 2.87. The Morgan fingerprint density at radius 3 is 2.71 bits per heavy atom. The fourth-order valence-corrected chi connectivity index (χ4v) is 3.71. The summed E-state index contributed by atoms with van der Waals surface area (Å²) in [4.78, 5) is 9.34. The summed E-state index contributed by atoms with van der Waals surface area (Å²) in [6, 6.07) is 9.88. The quantitative estimate of drug-likeness (QED) is 0.711. The Morgan fingerprint density at radius 2 is 1.96 bits per heavy atom. The Morgan fingerprint density at radius 1 is 1.18 bits per heavy atom. The lowest BCUT2D eigenvalue weighted by molar-refractivity contribution is 0.297. The molecule has 0 bridgehead atoms. The van der Waals surface area contributed by atoms with Crippen LogP contribution in [-0.4, -0.2) is 35.8 Å². The van der Waals surface area contributed by atoms with Crippen molar-refractivity contribution in [2.45, 2.75) is 19.5 Å². The Balaban J connectivity index is 1.68. The molecule has 144 valence electrons. The normalized spacial score (nSPS) is 18.1. The number of nitrogens with one attached hydrogen (secondary N) is 1. The number of benzene rings is 2. The van der Waals surface area contributed by atoms with Crippen molar-refractivity contribution in [1.29, 1.82) is 0 Å². The average molecular weight is 379 g/mol. The number of hydrogen-bond donors (Lipinski definition) is 2. The summed E-state index contributed by atoms with van der Waals surface area (Å²) in [5, 5.41) is 3.06. The number of imidazole rings is 1. The van der Waals surface area contributed by atoms with Gasteiger partial charge in [0.15, 0.2) is 23.6 Å². The molecular formula is C20H21N5O3. The number of methoxy groups -OCH3 is 1. The molecule has 28 heavy (non-hydrogen) atoms. The summed E-state index contributed by atoms with van der Waals surface area (Å²) < 4.78 is 19.1. The van der Waals surface area contributed by atoms with Crippen molar-refractivity contribution in [2.75, 3.05) is 25.6 Å². The first-order valence-corrected chi connectivity index (χ1v) is 9.20. The van der Waals surface area contributed by atoms with Crippen LogP contribution in [0, 0.1) is 6.92 Å². The van der Waals surface area contributed by atoms with Gasteiger partial charge < -0.3 is 19.9 Å². The van der Waals surface area contributed by atoms with Crippen molar-refractivity contribution in [2.24, 2.45) is 10.7 Å². The maximum Gasteiger partial charge on any atom is 0.212 e. The van der Waals surface area contributed by atoms with E-state index < -0.39 is 0 Å². The zero-order valence-electron chi connectivity index (χ0n) is 15.7. The highest BCUT2D eigenvalue weighted by atomic mass is 16.5. The number of fused-ring (bicyclic) bond motifs is 4. The van der Waals surface area contributed by atoms with Crippen LogP contribution in [0.2, 0.25) is 0 Å². The van der Waals surface area contributed by atoms with Gasteiger partial charge in [0, 0.05) is 18.6 Å². The van der Waals surface area contributed by atoms with E-state index in [1.165, 1.54) is 0 Å². The monoisotopic (exact) mass is 379 g/mol. The number of rotatable bonds is 2. The number of nitrogens with two attached hydrogens (primary N) is 1. The van der Waals surface area contributed by atoms with Crippen LogP contribution >= 0.6 is 0 Å². The van der Waals surface area contributed by atoms with E-state index in [0.29, 0.717) is 30.9 Å². The molecule has 8 nitrogen and oxygen atoms in total. The largest absolute Gasteiger partial charge is 0.496 e. The number of aliphatic imine (C=N–C) groups is 1. The van der Waals surface area contributed by atoms with Gasteiger partial charge in [-0.25, -0.2) is 9.98 Å². The molecule has 3 aromatic rings. The number of guanidine groups is 1. The lowest BCUT2D eigenvalue weighted by Gasteiger charge is -2.24. The first kappa shape index (κ1) is 16.7. The summed E-state index contributed by atoms with van der Waals surface area (Å²) in [6.07, 6.45) is 0.517. The maximum absolute atomic E-state index is 6.05. The lowest BCUT2D eigenvalue weighted by Crippen LogP contribution is -2.31. The second-order valence-electron chi connectivity index (χ2n) is 6.89. The number of anilines is 1. The van der Waals surface area contributed by atoms with Gasteiger partial charge in [0.25, 0.3) is 0 Å². The molecule has 8 heteroatoms. The van der Waals surface area contributed by atoms with E-state index in [2.05, 4.69) is 16.4 Å². The molecular weight excluding hydrogens is 358 g/mol. The van der Waals surface area contributed by atoms with E-state index in [1.54, 1.807) is 7.11 Å². The van der Waals surface area contributed by atoms with Crippen LogP contribution in [0.4, 0.5) is 5.95 Å². The molecule has 5 rings (SSSR count). The highest BCUT2D eigenvalue weighted by Crippen LogP contribution is 2.39. The van der Waals surface area contributed by atoms with Crippen molar-refractivity contribution in [3.05, 3.63) is 41.5 Å². The van der Waals surface area contributed by atoms with Gasteiger partial charge in [0.1, 0.15) is 5.75 Å². The number of hydrogen-bond acceptors (Lipinski definition) is 7. The van der Waals surface area contributed by atoms with Gasteiger partial charge >= 0.3 is 0 Å². The van der Waals surface area contributed by atoms with E-state index in [1.807, 2.05) is 35.8 Å². The van der Waals surface area contributed by atoms with Crippen molar-refractivity contribution in [1.82, 2.24) is 9.55 Å². The molecule has 0 saturated heterocycles. The zero-order chi connectivity index (χ0) is 19.3. The molecule has 0 spiro atoms. The third kappa shape index (κ3) is 2.60. The van der Waals surface area contributed by atoms with Crippen LogP contribution < -0.4 is 25.3 Å². The highest BCUT2D eigenvalue weighted by molar-refractivity contribution is 5.95. The smallest absolute Gasteiger partial charge is 0.212 e. The molecule has 0 aliphatic carbocycles. The molecule has 0 radical (unpaired) electrons. The van der Waals surface area contributed by atoms with Crippen LogP contribution in [0.15, 0.2) is 35.3 Å². The molecule has 3 heterocycles. The second-order valence-corrected chi connectivity index (χ2v) is 6.89. The number of nitrogens with zero attached hydrogens (tertiary/aromatic N) is 3. The van der Waals surface area contributed by atoms with Crippen molar-refractivity contribution in [3.63, 3.8) is 0 Å². The minimum atomic E-state index is -0.337. The van der Waals surface area contributed by atoms with Crippen LogP contribution in [0.25, 0.3) is 11.0 Å². The van der Waals surface area contributed by atoms with E-state index in [0.717, 1.165) is 40.1 Å². The predicted octanol–water partition coefficient (Wildman–Crippen LogP) is 2.80. The van der Waals surface area contributed by atoms with Gasteiger partial charge in [-0.3, -0.25) is 9.88 Å². The topological polar surface area (TPSA) is 95.9 Å². The van der Waals surface area contributed by atoms with E-state index >= 15 is 0 Å². The van der Waals surface area contributed by atoms with E-state index in [4.69, 9.17) is 24.9 Å². The standard InChI is InChI=1S/C20H21N5O3/c1-11-8-12(4-5-15(11)26-2)18-23-19(21)24-20-22-13-9-16-17(10-14(13)25(18)20)28-7-3-6-27-16/h4-5,8-10,18H,3,6-7H2,1-2H3,(H3,21,22,23,24)/t18-/m0/s1.